The Bertz CT molecular complexity index is 1120. The van der Waals surface area contributed by atoms with E-state index in [0.717, 1.165) is 55.5 Å². The molecular weight excluding hydrogens is 434 g/mol. The fourth-order valence-electron chi connectivity index (χ4n) is 4.37. The molecule has 0 N–H and O–H groups in total. The summed E-state index contributed by atoms with van der Waals surface area (Å²) in [7, 11) is 1.76. The van der Waals surface area contributed by atoms with Gasteiger partial charge in [0.05, 0.1) is 31.0 Å². The molecule has 34 heavy (non-hydrogen) atoms. The zero-order valence-electron chi connectivity index (χ0n) is 18.1. The van der Waals surface area contributed by atoms with E-state index in [1.165, 1.54) is 6.20 Å². The van der Waals surface area contributed by atoms with Gasteiger partial charge in [0.15, 0.2) is 0 Å². The maximum atomic E-state index is 12.3. The van der Waals surface area contributed by atoms with Crippen LogP contribution in [-0.4, -0.2) is 58.0 Å². The average molecular weight is 470 g/mol. The predicted molar refractivity (Wildman–Crippen MR) is 133 cm³/mol. The monoisotopic (exact) mass is 469 g/mol. The highest BCUT2D eigenvalue weighted by Crippen LogP contribution is 2.33. The molecule has 0 atom stereocenters. The Morgan fingerprint density at radius 1 is 0.941 bits per heavy atom. The van der Waals surface area contributed by atoms with Crippen LogP contribution in [0.5, 0.6) is 11.8 Å². The molecule has 2 aliphatic rings. The van der Waals surface area contributed by atoms with Gasteiger partial charge in [-0.25, -0.2) is 15.0 Å². The van der Waals surface area contributed by atoms with Gasteiger partial charge in [0.2, 0.25) is 0 Å². The molecule has 9 nitrogen and oxygen atoms in total. The van der Waals surface area contributed by atoms with E-state index in [4.69, 9.17) is 14.2 Å². The summed E-state index contributed by atoms with van der Waals surface area (Å²) in [6, 6.07) is 6.25. The Morgan fingerprint density at radius 2 is 1.59 bits per heavy atom. The fourth-order valence-corrected chi connectivity index (χ4v) is 4.37. The Labute approximate surface area is 200 Å². The third-order valence-electron chi connectivity index (χ3n) is 6.12. The van der Waals surface area contributed by atoms with Gasteiger partial charge in [0.25, 0.3) is 5.56 Å². The third-order valence-corrected chi connectivity index (χ3v) is 6.12. The van der Waals surface area contributed by atoms with Crippen molar-refractivity contribution in [1.29, 1.82) is 0 Å². The molecular formula is C25H35N5O4. The van der Waals surface area contributed by atoms with Crippen molar-refractivity contribution in [2.75, 3.05) is 31.2 Å². The molecule has 0 unspecified atom stereocenters. The molecule has 9 heteroatoms. The minimum Gasteiger partial charge on any atom is -0.488 e. The predicted octanol–water partition coefficient (Wildman–Crippen LogP) is 3.60. The molecule has 1 saturated heterocycles. The van der Waals surface area contributed by atoms with Crippen molar-refractivity contribution in [1.82, 2.24) is 19.5 Å². The van der Waals surface area contributed by atoms with Crippen LogP contribution in [0.2, 0.25) is 0 Å². The molecule has 1 aliphatic carbocycles. The van der Waals surface area contributed by atoms with Gasteiger partial charge in [-0.15, -0.1) is 0 Å². The zero-order valence-corrected chi connectivity index (χ0v) is 18.1. The van der Waals surface area contributed by atoms with Gasteiger partial charge in [0, 0.05) is 44.3 Å². The van der Waals surface area contributed by atoms with Gasteiger partial charge in [-0.2, -0.15) is 0 Å². The third kappa shape index (κ3) is 5.47. The van der Waals surface area contributed by atoms with Crippen molar-refractivity contribution < 1.29 is 14.2 Å². The molecule has 0 radical (unpaired) electrons. The first kappa shape index (κ1) is 25.4. The van der Waals surface area contributed by atoms with Gasteiger partial charge in [-0.05, 0) is 37.8 Å². The Balaban J connectivity index is 0.00000162. The molecule has 5 rings (SSSR count). The summed E-state index contributed by atoms with van der Waals surface area (Å²) < 4.78 is 19.5. The van der Waals surface area contributed by atoms with E-state index in [-0.39, 0.29) is 32.6 Å². The summed E-state index contributed by atoms with van der Waals surface area (Å²) in [5.41, 5.74) is 2.37. The molecule has 1 saturated carbocycles. The number of benzene rings is 1. The highest BCUT2D eigenvalue weighted by atomic mass is 16.5. The van der Waals surface area contributed by atoms with Gasteiger partial charge in [-0.3, -0.25) is 4.79 Å². The number of morpholine rings is 1. The van der Waals surface area contributed by atoms with Crippen LogP contribution >= 0.6 is 0 Å². The van der Waals surface area contributed by atoms with E-state index in [1.54, 1.807) is 30.1 Å². The lowest BCUT2D eigenvalue weighted by molar-refractivity contribution is 0.0756. The first-order chi connectivity index (χ1) is 15.7. The van der Waals surface area contributed by atoms with Crippen molar-refractivity contribution >= 4 is 16.7 Å². The number of hydrogen-bond donors (Lipinski definition) is 0. The molecule has 0 amide bonds. The van der Waals surface area contributed by atoms with Crippen LogP contribution in [0.3, 0.4) is 0 Å². The number of fused-ring (bicyclic) bond motifs is 1. The molecule has 2 fully saturated rings. The van der Waals surface area contributed by atoms with Crippen molar-refractivity contribution in [2.24, 2.45) is 7.05 Å². The number of anilines is 1. The van der Waals surface area contributed by atoms with Crippen LogP contribution in [-0.2, 0) is 11.8 Å². The second-order valence-electron chi connectivity index (χ2n) is 8.23. The van der Waals surface area contributed by atoms with E-state index in [2.05, 4.69) is 19.9 Å². The summed E-state index contributed by atoms with van der Waals surface area (Å²) in [6.45, 7) is 3.04. The summed E-state index contributed by atoms with van der Waals surface area (Å²) in [5, 5.41) is 0. The normalized spacial score (nSPS) is 20.2. The number of rotatable bonds is 5. The van der Waals surface area contributed by atoms with Crippen LogP contribution in [0, 0.1) is 0 Å². The van der Waals surface area contributed by atoms with Crippen LogP contribution in [0.1, 0.15) is 40.5 Å². The number of aryl methyl sites for hydroxylation is 1. The second kappa shape index (κ2) is 11.3. The number of nitrogens with zero attached hydrogens (tertiary/aromatic N) is 5. The first-order valence-electron chi connectivity index (χ1n) is 11.1. The summed E-state index contributed by atoms with van der Waals surface area (Å²) >= 11 is 0. The minimum atomic E-state index is -0.151. The maximum absolute atomic E-state index is 12.3. The molecule has 3 heterocycles. The highest BCUT2D eigenvalue weighted by molar-refractivity contribution is 5.85. The summed E-state index contributed by atoms with van der Waals surface area (Å²) in [5.74, 6) is 0.701. The molecule has 0 spiro atoms. The lowest BCUT2D eigenvalue weighted by Gasteiger charge is -2.31. The number of ether oxygens (including phenoxy) is 3. The van der Waals surface area contributed by atoms with Crippen molar-refractivity contribution in [3.63, 3.8) is 0 Å². The van der Waals surface area contributed by atoms with E-state index in [1.807, 2.05) is 12.1 Å². The Morgan fingerprint density at radius 3 is 2.26 bits per heavy atom. The standard InChI is InChI=1S/C23H27N5O4.2CH4/c1-27-21(29)15-26-19-13-16(28-9-11-30-12-10-28)14-20(22(19)27)31-17-3-5-18(6-4-17)32-23-24-7-2-8-25-23;;/h2,7-8,13-15,17-18H,3-6,9-12H2,1H3;2*1H4. The largest absolute Gasteiger partial charge is 0.488 e. The molecule has 184 valence electrons. The van der Waals surface area contributed by atoms with Crippen molar-refractivity contribution in [3.8, 4) is 11.8 Å². The topological polar surface area (TPSA) is 91.6 Å². The van der Waals surface area contributed by atoms with Gasteiger partial charge < -0.3 is 23.7 Å². The lowest BCUT2D eigenvalue weighted by atomic mass is 9.95. The number of hydrogen-bond acceptors (Lipinski definition) is 8. The smallest absolute Gasteiger partial charge is 0.316 e. The molecule has 0 bridgehead atoms. The second-order valence-corrected chi connectivity index (χ2v) is 8.23. The first-order valence-corrected chi connectivity index (χ1v) is 11.1. The molecule has 3 aromatic rings. The lowest BCUT2D eigenvalue weighted by Crippen LogP contribution is -2.36. The van der Waals surface area contributed by atoms with Crippen LogP contribution in [0.15, 0.2) is 41.6 Å². The van der Waals surface area contributed by atoms with Gasteiger partial charge >= 0.3 is 6.01 Å². The number of aromatic nitrogens is 4. The highest BCUT2D eigenvalue weighted by Gasteiger charge is 2.26. The average Bonchev–Trinajstić information content (AvgIpc) is 2.84. The SMILES string of the molecule is C.C.Cn1c(=O)cnc2cc(N3CCOCC3)cc(OC3CCC(Oc4ncccn4)CC3)c21. The summed E-state index contributed by atoms with van der Waals surface area (Å²) in [4.78, 5) is 27.2. The zero-order chi connectivity index (χ0) is 21.9. The quantitative estimate of drug-likeness (QED) is 0.560. The van der Waals surface area contributed by atoms with E-state index in [0.29, 0.717) is 25.0 Å². The van der Waals surface area contributed by atoms with Crippen LogP contribution in [0.25, 0.3) is 11.0 Å². The molecule has 2 aromatic heterocycles. The van der Waals surface area contributed by atoms with E-state index in [9.17, 15) is 4.79 Å². The Kier molecular flexibility index (Phi) is 8.44. The fraction of sp³-hybridized carbons (Fsp3) is 0.520. The van der Waals surface area contributed by atoms with Gasteiger partial charge in [-0.1, -0.05) is 14.9 Å². The van der Waals surface area contributed by atoms with Crippen LogP contribution < -0.4 is 19.9 Å². The van der Waals surface area contributed by atoms with Crippen molar-refractivity contribution in [3.05, 3.63) is 47.1 Å². The van der Waals surface area contributed by atoms with Gasteiger partial charge in [0.1, 0.15) is 17.4 Å². The summed E-state index contributed by atoms with van der Waals surface area (Å²) in [6.07, 6.45) is 8.30. The molecule has 1 aromatic carbocycles. The minimum absolute atomic E-state index is 0. The maximum Gasteiger partial charge on any atom is 0.316 e. The van der Waals surface area contributed by atoms with Crippen LogP contribution in [0.4, 0.5) is 5.69 Å². The molecule has 1 aliphatic heterocycles. The van der Waals surface area contributed by atoms with Crippen molar-refractivity contribution in [2.45, 2.75) is 52.7 Å². The van der Waals surface area contributed by atoms with E-state index >= 15 is 0 Å². The Hall–Kier alpha value is -3.20. The van der Waals surface area contributed by atoms with E-state index < -0.39 is 0 Å².